The van der Waals surface area contributed by atoms with Gasteiger partial charge in [-0.3, -0.25) is 0 Å². The number of carbonyl (C=O) groups excluding carboxylic acids is 1. The van der Waals surface area contributed by atoms with E-state index in [1.807, 2.05) is 18.2 Å². The lowest BCUT2D eigenvalue weighted by atomic mass is 9.94. The van der Waals surface area contributed by atoms with Crippen LogP contribution in [0.3, 0.4) is 0 Å². The molecule has 6 heteroatoms. The van der Waals surface area contributed by atoms with Crippen molar-refractivity contribution in [1.82, 2.24) is 25.0 Å². The van der Waals surface area contributed by atoms with Crippen LogP contribution in [-0.2, 0) is 13.0 Å². The first-order valence-electron chi connectivity index (χ1n) is 8.15. The van der Waals surface area contributed by atoms with Crippen LogP contribution in [0.25, 0.3) is 0 Å². The molecule has 2 fully saturated rings. The second-order valence-electron chi connectivity index (χ2n) is 6.34. The minimum absolute atomic E-state index is 0.0710. The molecule has 3 rings (SSSR count). The first kappa shape index (κ1) is 14.4. The zero-order valence-corrected chi connectivity index (χ0v) is 12.8. The summed E-state index contributed by atoms with van der Waals surface area (Å²) < 4.78 is 2.21. The lowest BCUT2D eigenvalue weighted by molar-refractivity contribution is 0.164. The number of hydrogen-bond donors (Lipinski definition) is 1. The van der Waals surface area contributed by atoms with Crippen LogP contribution in [0.1, 0.15) is 38.4 Å². The Labute approximate surface area is 125 Å². The molecular formula is C15H25N5O. The highest BCUT2D eigenvalue weighted by Crippen LogP contribution is 2.31. The van der Waals surface area contributed by atoms with Gasteiger partial charge in [0.05, 0.1) is 0 Å². The maximum Gasteiger partial charge on any atom is 0.317 e. The second kappa shape index (κ2) is 6.45. The standard InChI is InChI=1S/C15H25N5O/c1-2-16-15(21)19-7-3-4-13(10-19)8-14-18-17-11-20(14)9-12-5-6-12/h11-13H,2-10H2,1H3,(H,16,21). The molecular weight excluding hydrogens is 266 g/mol. The van der Waals surface area contributed by atoms with Gasteiger partial charge >= 0.3 is 6.03 Å². The lowest BCUT2D eigenvalue weighted by Crippen LogP contribution is -2.45. The Hall–Kier alpha value is -1.59. The summed E-state index contributed by atoms with van der Waals surface area (Å²) in [5.41, 5.74) is 0. The molecule has 0 spiro atoms. The van der Waals surface area contributed by atoms with Crippen LogP contribution < -0.4 is 5.32 Å². The second-order valence-corrected chi connectivity index (χ2v) is 6.34. The summed E-state index contributed by atoms with van der Waals surface area (Å²) in [4.78, 5) is 13.9. The molecule has 1 aliphatic carbocycles. The Morgan fingerprint density at radius 3 is 3.00 bits per heavy atom. The first-order valence-corrected chi connectivity index (χ1v) is 8.15. The summed E-state index contributed by atoms with van der Waals surface area (Å²) in [6, 6.07) is 0.0710. The van der Waals surface area contributed by atoms with Gasteiger partial charge in [0.25, 0.3) is 0 Å². The fourth-order valence-electron chi connectivity index (χ4n) is 3.11. The Bertz CT molecular complexity index is 482. The molecule has 116 valence electrons. The van der Waals surface area contributed by atoms with E-state index in [-0.39, 0.29) is 6.03 Å². The number of aromatic nitrogens is 3. The van der Waals surface area contributed by atoms with Gasteiger partial charge in [0.1, 0.15) is 12.2 Å². The number of nitrogens with one attached hydrogen (secondary N) is 1. The van der Waals surface area contributed by atoms with Crippen molar-refractivity contribution in [1.29, 1.82) is 0 Å². The average Bonchev–Trinajstić information content (AvgIpc) is 3.20. The Morgan fingerprint density at radius 2 is 2.24 bits per heavy atom. The van der Waals surface area contributed by atoms with E-state index in [9.17, 15) is 4.79 Å². The molecule has 2 heterocycles. The van der Waals surface area contributed by atoms with Gasteiger partial charge in [0, 0.05) is 32.6 Å². The molecule has 1 aliphatic heterocycles. The van der Waals surface area contributed by atoms with Gasteiger partial charge < -0.3 is 14.8 Å². The average molecular weight is 291 g/mol. The van der Waals surface area contributed by atoms with E-state index in [0.29, 0.717) is 12.5 Å². The highest BCUT2D eigenvalue weighted by Gasteiger charge is 2.26. The zero-order chi connectivity index (χ0) is 14.7. The molecule has 1 atom stereocenters. The highest BCUT2D eigenvalue weighted by molar-refractivity contribution is 5.74. The van der Waals surface area contributed by atoms with Crippen molar-refractivity contribution in [3.63, 3.8) is 0 Å². The van der Waals surface area contributed by atoms with Crippen molar-refractivity contribution >= 4 is 6.03 Å². The van der Waals surface area contributed by atoms with Crippen LogP contribution in [0.15, 0.2) is 6.33 Å². The maximum atomic E-state index is 11.9. The predicted octanol–water partition coefficient (Wildman–Crippen LogP) is 1.67. The van der Waals surface area contributed by atoms with E-state index >= 15 is 0 Å². The predicted molar refractivity (Wildman–Crippen MR) is 79.8 cm³/mol. The van der Waals surface area contributed by atoms with Gasteiger partial charge in [-0.15, -0.1) is 10.2 Å². The van der Waals surface area contributed by atoms with Crippen molar-refractivity contribution < 1.29 is 4.79 Å². The lowest BCUT2D eigenvalue weighted by Gasteiger charge is -2.32. The fourth-order valence-corrected chi connectivity index (χ4v) is 3.11. The van der Waals surface area contributed by atoms with E-state index < -0.39 is 0 Å². The molecule has 1 aromatic heterocycles. The monoisotopic (exact) mass is 291 g/mol. The molecule has 1 unspecified atom stereocenters. The molecule has 0 bridgehead atoms. The summed E-state index contributed by atoms with van der Waals surface area (Å²) in [6.45, 7) is 5.42. The number of likely N-dealkylation sites (tertiary alicyclic amines) is 1. The van der Waals surface area contributed by atoms with Crippen LogP contribution in [0.4, 0.5) is 4.79 Å². The van der Waals surface area contributed by atoms with Crippen LogP contribution in [0.2, 0.25) is 0 Å². The van der Waals surface area contributed by atoms with E-state index in [2.05, 4.69) is 20.1 Å². The van der Waals surface area contributed by atoms with Crippen LogP contribution >= 0.6 is 0 Å². The third kappa shape index (κ3) is 3.74. The third-order valence-corrected chi connectivity index (χ3v) is 4.45. The summed E-state index contributed by atoms with van der Waals surface area (Å²) in [7, 11) is 0. The largest absolute Gasteiger partial charge is 0.338 e. The number of nitrogens with zero attached hydrogens (tertiary/aromatic N) is 4. The molecule has 6 nitrogen and oxygen atoms in total. The highest BCUT2D eigenvalue weighted by atomic mass is 16.2. The Kier molecular flexibility index (Phi) is 4.41. The number of piperidine rings is 1. The molecule has 21 heavy (non-hydrogen) atoms. The van der Waals surface area contributed by atoms with Gasteiger partial charge in [-0.25, -0.2) is 4.79 Å². The molecule has 1 saturated heterocycles. The molecule has 0 aromatic carbocycles. The molecule has 1 saturated carbocycles. The van der Waals surface area contributed by atoms with E-state index in [1.54, 1.807) is 0 Å². The number of rotatable bonds is 5. The van der Waals surface area contributed by atoms with Crippen molar-refractivity contribution in [2.45, 2.75) is 45.6 Å². The summed E-state index contributed by atoms with van der Waals surface area (Å²) in [5.74, 6) is 2.42. The van der Waals surface area contributed by atoms with Gasteiger partial charge in [-0.05, 0) is 44.4 Å². The fraction of sp³-hybridized carbons (Fsp3) is 0.800. The third-order valence-electron chi connectivity index (χ3n) is 4.45. The first-order chi connectivity index (χ1) is 10.3. The van der Waals surface area contributed by atoms with E-state index in [4.69, 9.17) is 0 Å². The number of carbonyl (C=O) groups is 1. The topological polar surface area (TPSA) is 63.1 Å². The van der Waals surface area contributed by atoms with Crippen molar-refractivity contribution in [3.05, 3.63) is 12.2 Å². The normalized spacial score (nSPS) is 22.3. The molecule has 1 aromatic rings. The SMILES string of the molecule is CCNC(=O)N1CCCC(Cc2nncn2CC2CC2)C1. The summed E-state index contributed by atoms with van der Waals surface area (Å²) in [6.07, 6.45) is 7.73. The van der Waals surface area contributed by atoms with E-state index in [1.165, 1.54) is 19.3 Å². The molecule has 1 N–H and O–H groups in total. The summed E-state index contributed by atoms with van der Waals surface area (Å²) in [5, 5.41) is 11.3. The van der Waals surface area contributed by atoms with Crippen LogP contribution in [0, 0.1) is 11.8 Å². The summed E-state index contributed by atoms with van der Waals surface area (Å²) >= 11 is 0. The van der Waals surface area contributed by atoms with Crippen molar-refractivity contribution in [2.75, 3.05) is 19.6 Å². The minimum atomic E-state index is 0.0710. The van der Waals surface area contributed by atoms with Crippen molar-refractivity contribution in [3.8, 4) is 0 Å². The molecule has 2 amide bonds. The Morgan fingerprint density at radius 1 is 1.38 bits per heavy atom. The zero-order valence-electron chi connectivity index (χ0n) is 12.8. The Balaban J connectivity index is 1.56. The minimum Gasteiger partial charge on any atom is -0.338 e. The van der Waals surface area contributed by atoms with Gasteiger partial charge in [0.15, 0.2) is 0 Å². The van der Waals surface area contributed by atoms with Gasteiger partial charge in [-0.2, -0.15) is 0 Å². The molecule has 2 aliphatic rings. The molecule has 0 radical (unpaired) electrons. The van der Waals surface area contributed by atoms with Gasteiger partial charge in [0.2, 0.25) is 0 Å². The quantitative estimate of drug-likeness (QED) is 0.897. The van der Waals surface area contributed by atoms with Gasteiger partial charge in [-0.1, -0.05) is 0 Å². The van der Waals surface area contributed by atoms with Crippen LogP contribution in [0.5, 0.6) is 0 Å². The van der Waals surface area contributed by atoms with E-state index in [0.717, 1.165) is 44.2 Å². The number of amides is 2. The number of hydrogen-bond acceptors (Lipinski definition) is 3. The number of urea groups is 1. The maximum absolute atomic E-state index is 11.9. The van der Waals surface area contributed by atoms with Crippen LogP contribution in [-0.4, -0.2) is 45.3 Å². The van der Waals surface area contributed by atoms with Crippen molar-refractivity contribution in [2.24, 2.45) is 11.8 Å². The smallest absolute Gasteiger partial charge is 0.317 e.